The number of fused-ring (bicyclic) bond motifs is 1. The van der Waals surface area contributed by atoms with Crippen molar-refractivity contribution in [2.45, 2.75) is 18.9 Å². The molecule has 0 spiro atoms. The van der Waals surface area contributed by atoms with Crippen LogP contribution in [0.25, 0.3) is 0 Å². The second-order valence-electron chi connectivity index (χ2n) is 6.18. The Labute approximate surface area is 142 Å². The van der Waals surface area contributed by atoms with Crippen LogP contribution in [0.15, 0.2) is 24.3 Å². The molecule has 2 aliphatic rings. The number of rotatable bonds is 4. The molecule has 2 heterocycles. The van der Waals surface area contributed by atoms with Crippen LogP contribution in [0.5, 0.6) is 11.5 Å². The summed E-state index contributed by atoms with van der Waals surface area (Å²) in [6.45, 7) is 1.56. The molecule has 132 valence electrons. The first kappa shape index (κ1) is 17.0. The van der Waals surface area contributed by atoms with E-state index in [1.54, 1.807) is 0 Å². The number of hydrogen-bond acceptors (Lipinski definition) is 5. The largest absolute Gasteiger partial charge is 0.486 e. The molecule has 1 atom stereocenters. The van der Waals surface area contributed by atoms with Gasteiger partial charge in [0.25, 0.3) is 0 Å². The molecular formula is C16H22N2O5S. The summed E-state index contributed by atoms with van der Waals surface area (Å²) in [6.07, 6.45) is 2.07. The minimum Gasteiger partial charge on any atom is -0.486 e. The lowest BCUT2D eigenvalue weighted by Gasteiger charge is -2.30. The van der Waals surface area contributed by atoms with Crippen molar-refractivity contribution in [3.63, 3.8) is 0 Å². The molecule has 1 aromatic carbocycles. The summed E-state index contributed by atoms with van der Waals surface area (Å²) in [5, 5.41) is 2.89. The monoisotopic (exact) mass is 354 g/mol. The van der Waals surface area contributed by atoms with Gasteiger partial charge >= 0.3 is 0 Å². The van der Waals surface area contributed by atoms with Gasteiger partial charge in [0.1, 0.15) is 12.7 Å². The number of ether oxygens (including phenoxy) is 2. The van der Waals surface area contributed by atoms with Gasteiger partial charge in [-0.3, -0.25) is 4.79 Å². The molecule has 1 N–H and O–H groups in total. The Kier molecular flexibility index (Phi) is 4.96. The van der Waals surface area contributed by atoms with Crippen LogP contribution in [0, 0.1) is 5.92 Å². The van der Waals surface area contributed by atoms with Crippen LogP contribution in [0.2, 0.25) is 0 Å². The highest BCUT2D eigenvalue weighted by molar-refractivity contribution is 7.88. The van der Waals surface area contributed by atoms with Crippen molar-refractivity contribution in [1.82, 2.24) is 9.62 Å². The zero-order chi connectivity index (χ0) is 17.2. The average molecular weight is 354 g/mol. The molecule has 1 aromatic rings. The Balaban J connectivity index is 1.45. The van der Waals surface area contributed by atoms with E-state index in [2.05, 4.69) is 5.32 Å². The Bertz CT molecular complexity index is 698. The van der Waals surface area contributed by atoms with E-state index in [0.29, 0.717) is 50.6 Å². The molecule has 7 nitrogen and oxygen atoms in total. The van der Waals surface area contributed by atoms with E-state index in [4.69, 9.17) is 9.47 Å². The fraction of sp³-hybridized carbons (Fsp3) is 0.562. The summed E-state index contributed by atoms with van der Waals surface area (Å²) in [4.78, 5) is 12.3. The van der Waals surface area contributed by atoms with Crippen molar-refractivity contribution in [1.29, 1.82) is 0 Å². The van der Waals surface area contributed by atoms with Crippen LogP contribution in [0.4, 0.5) is 0 Å². The van der Waals surface area contributed by atoms with E-state index < -0.39 is 10.0 Å². The third-order valence-corrected chi connectivity index (χ3v) is 5.67. The van der Waals surface area contributed by atoms with Gasteiger partial charge in [0.05, 0.1) is 12.8 Å². The lowest BCUT2D eigenvalue weighted by atomic mass is 9.97. The minimum absolute atomic E-state index is 0.0504. The summed E-state index contributed by atoms with van der Waals surface area (Å²) in [5.74, 6) is 1.20. The highest BCUT2D eigenvalue weighted by atomic mass is 32.2. The molecule has 0 aromatic heterocycles. The van der Waals surface area contributed by atoms with Crippen LogP contribution >= 0.6 is 0 Å². The quantitative estimate of drug-likeness (QED) is 0.857. The van der Waals surface area contributed by atoms with Crippen molar-refractivity contribution < 1.29 is 22.7 Å². The average Bonchev–Trinajstić information content (AvgIpc) is 2.59. The number of hydrogen-bond donors (Lipinski definition) is 1. The fourth-order valence-corrected chi connectivity index (χ4v) is 3.85. The maximum absolute atomic E-state index is 12.3. The van der Waals surface area contributed by atoms with Crippen molar-refractivity contribution >= 4 is 15.9 Å². The highest BCUT2D eigenvalue weighted by Gasteiger charge is 2.29. The summed E-state index contributed by atoms with van der Waals surface area (Å²) in [5.41, 5.74) is 0. The molecule has 0 saturated carbocycles. The Hall–Kier alpha value is -1.80. The molecule has 1 fully saturated rings. The predicted octanol–water partition coefficient (Wildman–Crippen LogP) is 0.614. The number of para-hydroxylation sites is 2. The molecular weight excluding hydrogens is 332 g/mol. The molecule has 1 saturated heterocycles. The molecule has 1 unspecified atom stereocenters. The van der Waals surface area contributed by atoms with E-state index in [0.717, 1.165) is 0 Å². The number of carbonyl (C=O) groups is 1. The maximum Gasteiger partial charge on any atom is 0.223 e. The summed E-state index contributed by atoms with van der Waals surface area (Å²) < 4.78 is 35.8. The van der Waals surface area contributed by atoms with E-state index in [1.165, 1.54) is 10.6 Å². The second-order valence-corrected chi connectivity index (χ2v) is 8.16. The fourth-order valence-electron chi connectivity index (χ4n) is 2.97. The van der Waals surface area contributed by atoms with Gasteiger partial charge < -0.3 is 14.8 Å². The van der Waals surface area contributed by atoms with E-state index in [1.807, 2.05) is 24.3 Å². The summed E-state index contributed by atoms with van der Waals surface area (Å²) in [6, 6.07) is 7.44. The zero-order valence-electron chi connectivity index (χ0n) is 13.6. The SMILES string of the molecule is CS(=O)(=O)N1CCC(C(=O)NCC2COc3ccccc3O2)CC1. The van der Waals surface area contributed by atoms with Crippen LogP contribution in [0.1, 0.15) is 12.8 Å². The van der Waals surface area contributed by atoms with Gasteiger partial charge in [-0.05, 0) is 25.0 Å². The van der Waals surface area contributed by atoms with E-state index in [9.17, 15) is 13.2 Å². The van der Waals surface area contributed by atoms with Gasteiger partial charge in [0, 0.05) is 19.0 Å². The standard InChI is InChI=1S/C16H22N2O5S/c1-24(20,21)18-8-6-12(7-9-18)16(19)17-10-13-11-22-14-4-2-3-5-15(14)23-13/h2-5,12-13H,6-11H2,1H3,(H,17,19). The molecule has 8 heteroatoms. The third-order valence-electron chi connectivity index (χ3n) is 4.37. The number of amides is 1. The van der Waals surface area contributed by atoms with Gasteiger partial charge in [-0.15, -0.1) is 0 Å². The number of piperidine rings is 1. The van der Waals surface area contributed by atoms with Gasteiger partial charge in [-0.2, -0.15) is 0 Å². The first-order valence-corrected chi connectivity index (χ1v) is 9.89. The number of nitrogens with zero attached hydrogens (tertiary/aromatic N) is 1. The second kappa shape index (κ2) is 6.98. The smallest absolute Gasteiger partial charge is 0.223 e. The van der Waals surface area contributed by atoms with Crippen LogP contribution in [-0.4, -0.2) is 57.2 Å². The van der Waals surface area contributed by atoms with Gasteiger partial charge in [0.15, 0.2) is 11.5 Å². The molecule has 0 bridgehead atoms. The Morgan fingerprint density at radius 1 is 1.25 bits per heavy atom. The van der Waals surface area contributed by atoms with Crippen LogP contribution in [0.3, 0.4) is 0 Å². The Morgan fingerprint density at radius 2 is 1.92 bits per heavy atom. The Morgan fingerprint density at radius 3 is 2.58 bits per heavy atom. The molecule has 1 amide bonds. The lowest BCUT2D eigenvalue weighted by Crippen LogP contribution is -2.46. The molecule has 2 aliphatic heterocycles. The number of carbonyl (C=O) groups excluding carboxylic acids is 1. The zero-order valence-corrected chi connectivity index (χ0v) is 14.4. The van der Waals surface area contributed by atoms with Crippen molar-refractivity contribution in [2.75, 3.05) is 32.5 Å². The number of benzene rings is 1. The van der Waals surface area contributed by atoms with Crippen LogP contribution < -0.4 is 14.8 Å². The topological polar surface area (TPSA) is 84.9 Å². The van der Waals surface area contributed by atoms with Crippen molar-refractivity contribution in [3.8, 4) is 11.5 Å². The molecule has 0 aliphatic carbocycles. The van der Waals surface area contributed by atoms with E-state index in [-0.39, 0.29) is 17.9 Å². The highest BCUT2D eigenvalue weighted by Crippen LogP contribution is 2.30. The number of sulfonamides is 1. The molecule has 3 rings (SSSR count). The van der Waals surface area contributed by atoms with Gasteiger partial charge in [-0.25, -0.2) is 12.7 Å². The van der Waals surface area contributed by atoms with Crippen LogP contribution in [-0.2, 0) is 14.8 Å². The maximum atomic E-state index is 12.3. The van der Waals surface area contributed by atoms with Gasteiger partial charge in [0.2, 0.25) is 15.9 Å². The minimum atomic E-state index is -3.17. The predicted molar refractivity (Wildman–Crippen MR) is 88.5 cm³/mol. The lowest BCUT2D eigenvalue weighted by molar-refractivity contribution is -0.126. The van der Waals surface area contributed by atoms with Gasteiger partial charge in [-0.1, -0.05) is 12.1 Å². The molecule has 24 heavy (non-hydrogen) atoms. The summed E-state index contributed by atoms with van der Waals surface area (Å²) in [7, 11) is -3.17. The third kappa shape index (κ3) is 3.99. The van der Waals surface area contributed by atoms with Crippen molar-refractivity contribution in [2.24, 2.45) is 5.92 Å². The normalized spacial score (nSPS) is 22.1. The number of nitrogens with one attached hydrogen (secondary N) is 1. The first-order chi connectivity index (χ1) is 11.4. The van der Waals surface area contributed by atoms with E-state index >= 15 is 0 Å². The first-order valence-electron chi connectivity index (χ1n) is 8.05. The van der Waals surface area contributed by atoms with Crippen molar-refractivity contribution in [3.05, 3.63) is 24.3 Å². The summed E-state index contributed by atoms with van der Waals surface area (Å²) >= 11 is 0. The molecule has 0 radical (unpaired) electrons.